The molecule has 0 fully saturated rings. The average molecular weight is 106 g/mol. The van der Waals surface area contributed by atoms with E-state index in [1.54, 1.807) is 12.1 Å². The van der Waals surface area contributed by atoms with Gasteiger partial charge in [0.2, 0.25) is 5.76 Å². The summed E-state index contributed by atoms with van der Waals surface area (Å²) < 4.78 is 4.76. The summed E-state index contributed by atoms with van der Waals surface area (Å²) in [6.07, 6.45) is 0. The standard InChI is InChI=1S/C6H4NO/c1-5-2-3-6(4-7)8-5/h2-3H,1H2. The van der Waals surface area contributed by atoms with Crippen molar-refractivity contribution < 1.29 is 4.42 Å². The van der Waals surface area contributed by atoms with Crippen molar-refractivity contribution >= 4 is 0 Å². The summed E-state index contributed by atoms with van der Waals surface area (Å²) in [6, 6.07) is 5.08. The molecule has 1 heterocycles. The van der Waals surface area contributed by atoms with E-state index >= 15 is 0 Å². The van der Waals surface area contributed by atoms with Crippen molar-refractivity contribution in [2.75, 3.05) is 0 Å². The van der Waals surface area contributed by atoms with E-state index in [1.165, 1.54) is 0 Å². The normalized spacial score (nSPS) is 8.50. The highest BCUT2D eigenvalue weighted by Crippen LogP contribution is 2.02. The number of hydrogen-bond donors (Lipinski definition) is 0. The molecule has 0 aliphatic carbocycles. The van der Waals surface area contributed by atoms with Crippen LogP contribution in [0.5, 0.6) is 0 Å². The zero-order valence-corrected chi connectivity index (χ0v) is 4.22. The van der Waals surface area contributed by atoms with E-state index in [0.29, 0.717) is 11.5 Å². The Kier molecular flexibility index (Phi) is 1.05. The van der Waals surface area contributed by atoms with Crippen LogP contribution in [0, 0.1) is 18.3 Å². The Hall–Kier alpha value is -1.23. The predicted octanol–water partition coefficient (Wildman–Crippen LogP) is 1.33. The van der Waals surface area contributed by atoms with Crippen LogP contribution in [0.1, 0.15) is 11.5 Å². The first-order valence-electron chi connectivity index (χ1n) is 2.15. The van der Waals surface area contributed by atoms with Crippen molar-refractivity contribution in [2.45, 2.75) is 0 Å². The van der Waals surface area contributed by atoms with E-state index in [9.17, 15) is 0 Å². The van der Waals surface area contributed by atoms with E-state index < -0.39 is 0 Å². The van der Waals surface area contributed by atoms with E-state index in [0.717, 1.165) is 0 Å². The molecule has 0 aliphatic rings. The van der Waals surface area contributed by atoms with Crippen LogP contribution in [0.15, 0.2) is 16.5 Å². The Morgan fingerprint density at radius 3 is 2.62 bits per heavy atom. The zero-order chi connectivity index (χ0) is 5.98. The molecule has 0 bridgehead atoms. The second-order valence-corrected chi connectivity index (χ2v) is 1.38. The van der Waals surface area contributed by atoms with Crippen molar-refractivity contribution in [1.29, 1.82) is 5.26 Å². The Morgan fingerprint density at radius 1 is 1.62 bits per heavy atom. The average Bonchev–Trinajstić information content (AvgIpc) is 2.14. The third kappa shape index (κ3) is 0.710. The Balaban J connectivity index is 3.05. The highest BCUT2D eigenvalue weighted by atomic mass is 16.3. The van der Waals surface area contributed by atoms with Crippen LogP contribution < -0.4 is 0 Å². The molecule has 0 amide bonds. The molecular weight excluding hydrogens is 102 g/mol. The first kappa shape index (κ1) is 4.92. The van der Waals surface area contributed by atoms with Gasteiger partial charge in [-0.1, -0.05) is 0 Å². The zero-order valence-electron chi connectivity index (χ0n) is 4.22. The van der Waals surface area contributed by atoms with Crippen LogP contribution in [0.3, 0.4) is 0 Å². The van der Waals surface area contributed by atoms with Gasteiger partial charge in [0.15, 0.2) is 0 Å². The lowest BCUT2D eigenvalue weighted by Crippen LogP contribution is -1.57. The van der Waals surface area contributed by atoms with Crippen LogP contribution in [0.2, 0.25) is 0 Å². The topological polar surface area (TPSA) is 36.9 Å². The monoisotopic (exact) mass is 106 g/mol. The van der Waals surface area contributed by atoms with E-state index in [-0.39, 0.29) is 0 Å². The maximum absolute atomic E-state index is 8.18. The smallest absolute Gasteiger partial charge is 0.203 e. The van der Waals surface area contributed by atoms with Crippen LogP contribution >= 0.6 is 0 Å². The SMILES string of the molecule is [CH2]c1ccc(C#N)o1. The van der Waals surface area contributed by atoms with Gasteiger partial charge in [-0.15, -0.1) is 0 Å². The minimum atomic E-state index is 0.315. The number of rotatable bonds is 0. The van der Waals surface area contributed by atoms with Crippen LogP contribution in [0.25, 0.3) is 0 Å². The van der Waals surface area contributed by atoms with Gasteiger partial charge < -0.3 is 4.42 Å². The summed E-state index contributed by atoms with van der Waals surface area (Å²) >= 11 is 0. The summed E-state index contributed by atoms with van der Waals surface area (Å²) in [6.45, 7) is 3.47. The van der Waals surface area contributed by atoms with Crippen LogP contribution in [-0.4, -0.2) is 0 Å². The predicted molar refractivity (Wildman–Crippen MR) is 27.9 cm³/mol. The molecule has 1 rings (SSSR count). The van der Waals surface area contributed by atoms with Gasteiger partial charge in [-0.25, -0.2) is 0 Å². The third-order valence-corrected chi connectivity index (χ3v) is 0.772. The van der Waals surface area contributed by atoms with Gasteiger partial charge in [-0.2, -0.15) is 5.26 Å². The fraction of sp³-hybridized carbons (Fsp3) is 0. The minimum absolute atomic E-state index is 0.315. The lowest BCUT2D eigenvalue weighted by molar-refractivity contribution is 0.535. The first-order valence-corrected chi connectivity index (χ1v) is 2.15. The molecule has 0 N–H and O–H groups in total. The summed E-state index contributed by atoms with van der Waals surface area (Å²) in [5.41, 5.74) is 0. The fourth-order valence-corrected chi connectivity index (χ4v) is 0.438. The summed E-state index contributed by atoms with van der Waals surface area (Å²) in [4.78, 5) is 0. The van der Waals surface area contributed by atoms with Crippen LogP contribution in [0.4, 0.5) is 0 Å². The molecule has 1 aromatic rings. The Labute approximate surface area is 47.3 Å². The third-order valence-electron chi connectivity index (χ3n) is 0.772. The number of nitrogens with zero attached hydrogens (tertiary/aromatic N) is 1. The lowest BCUT2D eigenvalue weighted by atomic mass is 10.5. The molecule has 0 saturated carbocycles. The van der Waals surface area contributed by atoms with E-state index in [1.807, 2.05) is 6.07 Å². The van der Waals surface area contributed by atoms with Gasteiger partial charge in [-0.3, -0.25) is 0 Å². The summed E-state index contributed by atoms with van der Waals surface area (Å²) in [5.74, 6) is 0.844. The summed E-state index contributed by atoms with van der Waals surface area (Å²) in [7, 11) is 0. The first-order chi connectivity index (χ1) is 3.83. The van der Waals surface area contributed by atoms with Gasteiger partial charge in [-0.05, 0) is 12.1 Å². The van der Waals surface area contributed by atoms with Crippen LogP contribution in [-0.2, 0) is 0 Å². The Bertz CT molecular complexity index is 219. The molecule has 2 heteroatoms. The van der Waals surface area contributed by atoms with Crippen molar-refractivity contribution in [3.05, 3.63) is 30.6 Å². The molecule has 0 aromatic carbocycles. The minimum Gasteiger partial charge on any atom is -0.451 e. The van der Waals surface area contributed by atoms with Gasteiger partial charge in [0, 0.05) is 6.92 Å². The lowest BCUT2D eigenvalue weighted by Gasteiger charge is -1.73. The quantitative estimate of drug-likeness (QED) is 0.500. The van der Waals surface area contributed by atoms with Crippen molar-refractivity contribution in [3.63, 3.8) is 0 Å². The number of hydrogen-bond acceptors (Lipinski definition) is 2. The fourth-order valence-electron chi connectivity index (χ4n) is 0.438. The maximum atomic E-state index is 8.18. The largest absolute Gasteiger partial charge is 0.451 e. The second kappa shape index (κ2) is 1.71. The van der Waals surface area contributed by atoms with Gasteiger partial charge >= 0.3 is 0 Å². The van der Waals surface area contributed by atoms with Crippen molar-refractivity contribution in [1.82, 2.24) is 0 Å². The molecule has 2 nitrogen and oxygen atoms in total. The van der Waals surface area contributed by atoms with Crippen molar-refractivity contribution in [3.8, 4) is 6.07 Å². The molecule has 1 radical (unpaired) electrons. The number of nitriles is 1. The molecule has 0 spiro atoms. The van der Waals surface area contributed by atoms with Gasteiger partial charge in [0.05, 0.1) is 0 Å². The molecule has 0 aliphatic heterocycles. The molecule has 0 unspecified atom stereocenters. The highest BCUT2D eigenvalue weighted by molar-refractivity contribution is 5.19. The molecular formula is C6H4NO. The number of furan rings is 1. The van der Waals surface area contributed by atoms with Crippen molar-refractivity contribution in [2.24, 2.45) is 0 Å². The van der Waals surface area contributed by atoms with E-state index in [4.69, 9.17) is 9.68 Å². The Morgan fingerprint density at radius 2 is 2.38 bits per heavy atom. The molecule has 0 atom stereocenters. The van der Waals surface area contributed by atoms with Gasteiger partial charge in [0.1, 0.15) is 11.8 Å². The highest BCUT2D eigenvalue weighted by Gasteiger charge is 1.91. The molecule has 8 heavy (non-hydrogen) atoms. The van der Waals surface area contributed by atoms with Gasteiger partial charge in [0.25, 0.3) is 0 Å². The molecule has 39 valence electrons. The molecule has 1 aromatic heterocycles. The summed E-state index contributed by atoms with van der Waals surface area (Å²) in [5, 5.41) is 8.18. The van der Waals surface area contributed by atoms with E-state index in [2.05, 4.69) is 6.92 Å². The molecule has 0 saturated heterocycles. The maximum Gasteiger partial charge on any atom is 0.203 e. The second-order valence-electron chi connectivity index (χ2n) is 1.38.